The molecule has 2 rings (SSSR count). The number of rotatable bonds is 6. The summed E-state index contributed by atoms with van der Waals surface area (Å²) in [5, 5.41) is 9.17. The van der Waals surface area contributed by atoms with Gasteiger partial charge in [0.15, 0.2) is 0 Å². The number of aryl methyl sites for hydroxylation is 1. The lowest BCUT2D eigenvalue weighted by Crippen LogP contribution is -2.25. The summed E-state index contributed by atoms with van der Waals surface area (Å²) in [4.78, 5) is 25.7. The van der Waals surface area contributed by atoms with Crippen molar-refractivity contribution in [2.45, 2.75) is 13.0 Å². The smallest absolute Gasteiger partial charge is 0.337 e. The van der Waals surface area contributed by atoms with Crippen LogP contribution in [0.4, 0.5) is 0 Å². The van der Waals surface area contributed by atoms with Crippen LogP contribution >= 0.6 is 0 Å². The first-order valence-electron chi connectivity index (χ1n) is 6.19. The number of carboxylic acid groups (broad SMARTS) is 1. The van der Waals surface area contributed by atoms with Gasteiger partial charge in [-0.1, -0.05) is 6.07 Å². The van der Waals surface area contributed by atoms with Crippen LogP contribution in [0.2, 0.25) is 0 Å². The molecule has 114 valence electrons. The first kappa shape index (κ1) is 15.3. The summed E-state index contributed by atoms with van der Waals surface area (Å²) in [7, 11) is -3.28. The third kappa shape index (κ3) is 3.50. The highest BCUT2D eigenvalue weighted by Gasteiger charge is 2.15. The predicted octanol–water partition coefficient (Wildman–Crippen LogP) is -0.0329. The molecule has 0 saturated heterocycles. The highest BCUT2D eigenvalue weighted by atomic mass is 32.2. The Hall–Kier alpha value is -2.13. The molecule has 1 heterocycles. The van der Waals surface area contributed by atoms with E-state index < -0.39 is 21.7 Å². The zero-order chi connectivity index (χ0) is 15.6. The van der Waals surface area contributed by atoms with Gasteiger partial charge in [-0.3, -0.25) is 4.57 Å². The summed E-state index contributed by atoms with van der Waals surface area (Å²) in [6.07, 6.45) is 1.42. The van der Waals surface area contributed by atoms with Crippen molar-refractivity contribution >= 4 is 27.0 Å². The average molecular weight is 313 g/mol. The van der Waals surface area contributed by atoms with Crippen molar-refractivity contribution in [3.05, 3.63) is 34.2 Å². The van der Waals surface area contributed by atoms with Gasteiger partial charge in [-0.05, 0) is 18.6 Å². The summed E-state index contributed by atoms with van der Waals surface area (Å²) in [5.41, 5.74) is 0.366. The molecule has 0 unspecified atom stereocenters. The van der Waals surface area contributed by atoms with Gasteiger partial charge in [-0.25, -0.2) is 22.7 Å². The molecule has 0 aliphatic carbocycles. The first-order valence-corrected chi connectivity index (χ1v) is 8.08. The SMILES string of the molecule is CS(=O)(=O)NCCCn1c(=O)[nH]c2cccc(C(=O)O)c21. The van der Waals surface area contributed by atoms with Crippen LogP contribution in [0.1, 0.15) is 16.8 Å². The van der Waals surface area contributed by atoms with E-state index in [4.69, 9.17) is 0 Å². The molecule has 2 aromatic rings. The number of hydrogen-bond donors (Lipinski definition) is 3. The normalized spacial score (nSPS) is 11.9. The fourth-order valence-electron chi connectivity index (χ4n) is 2.10. The summed E-state index contributed by atoms with van der Waals surface area (Å²) < 4.78 is 25.5. The van der Waals surface area contributed by atoms with Gasteiger partial charge in [-0.15, -0.1) is 0 Å². The van der Waals surface area contributed by atoms with E-state index in [0.29, 0.717) is 17.5 Å². The minimum absolute atomic E-state index is 0.0296. The molecule has 8 nitrogen and oxygen atoms in total. The minimum Gasteiger partial charge on any atom is -0.478 e. The molecule has 0 saturated carbocycles. The maximum Gasteiger partial charge on any atom is 0.337 e. The number of fused-ring (bicyclic) bond motifs is 1. The van der Waals surface area contributed by atoms with E-state index in [2.05, 4.69) is 9.71 Å². The molecular weight excluding hydrogens is 298 g/mol. The summed E-state index contributed by atoms with van der Waals surface area (Å²) >= 11 is 0. The lowest BCUT2D eigenvalue weighted by molar-refractivity contribution is 0.0698. The minimum atomic E-state index is -3.28. The number of benzene rings is 1. The zero-order valence-corrected chi connectivity index (χ0v) is 12.1. The molecule has 0 fully saturated rings. The van der Waals surface area contributed by atoms with Gasteiger partial charge in [0.2, 0.25) is 10.0 Å². The van der Waals surface area contributed by atoms with Crippen molar-refractivity contribution in [3.63, 3.8) is 0 Å². The van der Waals surface area contributed by atoms with Crippen molar-refractivity contribution < 1.29 is 18.3 Å². The third-order valence-corrected chi connectivity index (χ3v) is 3.67. The van der Waals surface area contributed by atoms with Crippen LogP contribution < -0.4 is 10.4 Å². The monoisotopic (exact) mass is 313 g/mol. The number of aromatic amines is 1. The Morgan fingerprint density at radius 1 is 1.43 bits per heavy atom. The van der Waals surface area contributed by atoms with Gasteiger partial charge in [0.05, 0.1) is 22.9 Å². The second-order valence-electron chi connectivity index (χ2n) is 4.61. The molecule has 0 atom stereocenters. The molecule has 0 radical (unpaired) electrons. The highest BCUT2D eigenvalue weighted by Crippen LogP contribution is 2.16. The van der Waals surface area contributed by atoms with Gasteiger partial charge in [-0.2, -0.15) is 0 Å². The number of nitrogens with one attached hydrogen (secondary N) is 2. The molecule has 9 heteroatoms. The molecular formula is C12H15N3O5S. The standard InChI is InChI=1S/C12H15N3O5S/c1-21(19,20)13-6-3-7-15-10-8(11(16)17)4-2-5-9(10)14-12(15)18/h2,4-5,13H,3,6-7H2,1H3,(H,14,18)(H,16,17). The topological polar surface area (TPSA) is 121 Å². The zero-order valence-electron chi connectivity index (χ0n) is 11.3. The number of para-hydroxylation sites is 1. The number of hydrogen-bond acceptors (Lipinski definition) is 4. The van der Waals surface area contributed by atoms with E-state index in [1.807, 2.05) is 0 Å². The molecule has 0 amide bonds. The van der Waals surface area contributed by atoms with Crippen molar-refractivity contribution in [3.8, 4) is 0 Å². The number of carboxylic acids is 1. The number of carbonyl (C=O) groups is 1. The van der Waals surface area contributed by atoms with Crippen LogP contribution in [-0.2, 0) is 16.6 Å². The Morgan fingerprint density at radius 3 is 2.76 bits per heavy atom. The van der Waals surface area contributed by atoms with Crippen LogP contribution in [0, 0.1) is 0 Å². The van der Waals surface area contributed by atoms with Crippen molar-refractivity contribution in [2.75, 3.05) is 12.8 Å². The van der Waals surface area contributed by atoms with Crippen molar-refractivity contribution in [2.24, 2.45) is 0 Å². The lowest BCUT2D eigenvalue weighted by atomic mass is 10.2. The fraction of sp³-hybridized carbons (Fsp3) is 0.333. The second-order valence-corrected chi connectivity index (χ2v) is 6.44. The quantitative estimate of drug-likeness (QED) is 0.646. The maximum absolute atomic E-state index is 11.9. The molecule has 0 spiro atoms. The van der Waals surface area contributed by atoms with E-state index in [0.717, 1.165) is 6.26 Å². The highest BCUT2D eigenvalue weighted by molar-refractivity contribution is 7.88. The van der Waals surface area contributed by atoms with Crippen molar-refractivity contribution in [1.29, 1.82) is 0 Å². The number of nitrogens with zero attached hydrogens (tertiary/aromatic N) is 1. The summed E-state index contributed by atoms with van der Waals surface area (Å²) in [5.74, 6) is -1.12. The number of imidazole rings is 1. The molecule has 0 aliphatic heterocycles. The van der Waals surface area contributed by atoms with Crippen molar-refractivity contribution in [1.82, 2.24) is 14.3 Å². The summed E-state index contributed by atoms with van der Waals surface area (Å²) in [6.45, 7) is 0.388. The molecule has 21 heavy (non-hydrogen) atoms. The van der Waals surface area contributed by atoms with E-state index in [1.54, 1.807) is 12.1 Å². The molecule has 0 bridgehead atoms. The average Bonchev–Trinajstić information content (AvgIpc) is 2.69. The van der Waals surface area contributed by atoms with Gasteiger partial charge in [0, 0.05) is 13.1 Å². The number of aromatic nitrogens is 2. The van der Waals surface area contributed by atoms with E-state index >= 15 is 0 Å². The molecule has 0 aliphatic rings. The lowest BCUT2D eigenvalue weighted by Gasteiger charge is -2.06. The summed E-state index contributed by atoms with van der Waals surface area (Å²) in [6, 6.07) is 4.59. The molecule has 1 aromatic heterocycles. The number of sulfonamides is 1. The van der Waals surface area contributed by atoms with Crippen LogP contribution in [0.5, 0.6) is 0 Å². The van der Waals surface area contributed by atoms with Gasteiger partial charge in [0.25, 0.3) is 0 Å². The van der Waals surface area contributed by atoms with Gasteiger partial charge in [0.1, 0.15) is 0 Å². The maximum atomic E-state index is 11.9. The fourth-order valence-corrected chi connectivity index (χ4v) is 2.62. The van der Waals surface area contributed by atoms with E-state index in [9.17, 15) is 23.1 Å². The predicted molar refractivity (Wildman–Crippen MR) is 77.0 cm³/mol. The van der Waals surface area contributed by atoms with Crippen LogP contribution in [0.15, 0.2) is 23.0 Å². The Labute approximate surface area is 120 Å². The Kier molecular flexibility index (Phi) is 4.14. The van der Waals surface area contributed by atoms with Crippen LogP contribution in [0.25, 0.3) is 11.0 Å². The van der Waals surface area contributed by atoms with Crippen LogP contribution in [0.3, 0.4) is 0 Å². The molecule has 1 aromatic carbocycles. The van der Waals surface area contributed by atoms with E-state index in [-0.39, 0.29) is 18.7 Å². The van der Waals surface area contributed by atoms with Gasteiger partial charge >= 0.3 is 11.7 Å². The number of H-pyrrole nitrogens is 1. The second kappa shape index (κ2) is 5.70. The largest absolute Gasteiger partial charge is 0.478 e. The van der Waals surface area contributed by atoms with Gasteiger partial charge < -0.3 is 10.1 Å². The Morgan fingerprint density at radius 2 is 2.14 bits per heavy atom. The first-order chi connectivity index (χ1) is 9.79. The third-order valence-electron chi connectivity index (χ3n) is 2.95. The molecule has 3 N–H and O–H groups in total. The Bertz CT molecular complexity index is 834. The van der Waals surface area contributed by atoms with E-state index in [1.165, 1.54) is 10.6 Å². The number of aromatic carboxylic acids is 1. The Balaban J connectivity index is 2.29. The van der Waals surface area contributed by atoms with Crippen LogP contribution in [-0.4, -0.2) is 41.8 Å².